The number of ether oxygens (including phenoxy) is 2. The summed E-state index contributed by atoms with van der Waals surface area (Å²) in [6, 6.07) is 10.7. The van der Waals surface area contributed by atoms with E-state index in [-0.39, 0.29) is 24.5 Å². The van der Waals surface area contributed by atoms with Crippen LogP contribution in [-0.2, 0) is 17.8 Å². The first kappa shape index (κ1) is 19.5. The molecule has 0 fully saturated rings. The number of rotatable bonds is 5. The molecular formula is C22H20N4O4S. The van der Waals surface area contributed by atoms with Crippen LogP contribution < -0.4 is 20.1 Å². The van der Waals surface area contributed by atoms with Gasteiger partial charge in [-0.3, -0.25) is 19.9 Å². The van der Waals surface area contributed by atoms with E-state index in [2.05, 4.69) is 20.6 Å². The second-order valence-corrected chi connectivity index (χ2v) is 8.42. The van der Waals surface area contributed by atoms with E-state index in [1.807, 2.05) is 18.2 Å². The Balaban J connectivity index is 1.28. The fourth-order valence-corrected chi connectivity index (χ4v) is 4.80. The van der Waals surface area contributed by atoms with Crippen LogP contribution in [0.1, 0.15) is 45.4 Å². The minimum absolute atomic E-state index is 0.0643. The standard InChI is InChI=1S/C22H20N4O4S/c27-20(13-7-8-16-17(10-13)30-12-29-16)26-22-25-19-15(5-3-6-18(19)31-22)21(28)24-11-14-4-1-2-9-23-14/h1-2,4,7-10,15H,3,5-6,11-12H2,(H,24,28)(H,25,26,27). The Morgan fingerprint density at radius 2 is 2.06 bits per heavy atom. The smallest absolute Gasteiger partial charge is 0.257 e. The molecule has 1 aliphatic heterocycles. The maximum absolute atomic E-state index is 12.8. The van der Waals surface area contributed by atoms with Crippen LogP contribution in [-0.4, -0.2) is 28.6 Å². The average molecular weight is 436 g/mol. The van der Waals surface area contributed by atoms with Gasteiger partial charge in [0.2, 0.25) is 12.7 Å². The number of fused-ring (bicyclic) bond motifs is 2. The molecule has 2 aliphatic rings. The summed E-state index contributed by atoms with van der Waals surface area (Å²) in [6.45, 7) is 0.534. The molecule has 0 saturated carbocycles. The first-order chi connectivity index (χ1) is 15.2. The first-order valence-corrected chi connectivity index (χ1v) is 10.9. The normalized spacial score (nSPS) is 16.5. The van der Waals surface area contributed by atoms with Crippen LogP contribution in [0.25, 0.3) is 0 Å². The highest BCUT2D eigenvalue weighted by Gasteiger charge is 2.30. The molecule has 8 nitrogen and oxygen atoms in total. The average Bonchev–Trinajstić information content (AvgIpc) is 3.43. The van der Waals surface area contributed by atoms with E-state index in [1.165, 1.54) is 11.3 Å². The van der Waals surface area contributed by atoms with E-state index in [0.29, 0.717) is 28.7 Å². The second kappa shape index (κ2) is 8.35. The van der Waals surface area contributed by atoms with Crippen LogP contribution in [0.15, 0.2) is 42.6 Å². The molecule has 2 N–H and O–H groups in total. The highest BCUT2D eigenvalue weighted by molar-refractivity contribution is 7.16. The number of aromatic nitrogens is 2. The molecule has 0 radical (unpaired) electrons. The Morgan fingerprint density at radius 1 is 1.16 bits per heavy atom. The van der Waals surface area contributed by atoms with Crippen LogP contribution in [0, 0.1) is 0 Å². The van der Waals surface area contributed by atoms with Crippen LogP contribution >= 0.6 is 11.3 Å². The highest BCUT2D eigenvalue weighted by Crippen LogP contribution is 2.37. The van der Waals surface area contributed by atoms with E-state index < -0.39 is 0 Å². The van der Waals surface area contributed by atoms with Gasteiger partial charge in [0.15, 0.2) is 16.6 Å². The summed E-state index contributed by atoms with van der Waals surface area (Å²) in [7, 11) is 0. The summed E-state index contributed by atoms with van der Waals surface area (Å²) in [6.07, 6.45) is 4.21. The lowest BCUT2D eigenvalue weighted by Gasteiger charge is -2.20. The number of carbonyl (C=O) groups is 2. The number of nitrogens with zero attached hydrogens (tertiary/aromatic N) is 2. The van der Waals surface area contributed by atoms with Crippen LogP contribution in [0.2, 0.25) is 0 Å². The van der Waals surface area contributed by atoms with Gasteiger partial charge in [-0.05, 0) is 49.6 Å². The van der Waals surface area contributed by atoms with Crippen molar-refractivity contribution in [1.29, 1.82) is 0 Å². The van der Waals surface area contributed by atoms with E-state index >= 15 is 0 Å². The van der Waals surface area contributed by atoms with Gasteiger partial charge in [-0.25, -0.2) is 4.98 Å². The number of anilines is 1. The van der Waals surface area contributed by atoms with Gasteiger partial charge in [0.25, 0.3) is 5.91 Å². The van der Waals surface area contributed by atoms with Crippen molar-refractivity contribution >= 4 is 28.3 Å². The largest absolute Gasteiger partial charge is 0.454 e. The Hall–Kier alpha value is -3.46. The highest BCUT2D eigenvalue weighted by atomic mass is 32.1. The first-order valence-electron chi connectivity index (χ1n) is 10.1. The molecule has 9 heteroatoms. The fraction of sp³-hybridized carbons (Fsp3) is 0.273. The molecule has 1 aromatic carbocycles. The van der Waals surface area contributed by atoms with Gasteiger partial charge in [0, 0.05) is 16.6 Å². The third-order valence-electron chi connectivity index (χ3n) is 5.30. The van der Waals surface area contributed by atoms with Gasteiger partial charge in [-0.15, -0.1) is 11.3 Å². The summed E-state index contributed by atoms with van der Waals surface area (Å²) in [5.74, 6) is 0.516. The molecule has 158 valence electrons. The minimum atomic E-state index is -0.320. The zero-order valence-corrected chi connectivity index (χ0v) is 17.4. The summed E-state index contributed by atoms with van der Waals surface area (Å²) in [5.41, 5.74) is 2.03. The lowest BCUT2D eigenvalue weighted by molar-refractivity contribution is -0.123. The van der Waals surface area contributed by atoms with Crippen molar-refractivity contribution in [3.05, 3.63) is 64.4 Å². The SMILES string of the molecule is O=C(Nc1nc2c(s1)CCCC2C(=O)NCc1ccccn1)c1ccc2c(c1)OCO2. The molecule has 5 rings (SSSR count). The molecule has 3 heterocycles. The summed E-state index contributed by atoms with van der Waals surface area (Å²) in [4.78, 5) is 35.4. The predicted octanol–water partition coefficient (Wildman–Crippen LogP) is 3.26. The molecule has 3 aromatic rings. The van der Waals surface area contributed by atoms with E-state index in [4.69, 9.17) is 9.47 Å². The Labute approximate surface area is 182 Å². The molecule has 0 bridgehead atoms. The van der Waals surface area contributed by atoms with Crippen molar-refractivity contribution in [3.63, 3.8) is 0 Å². The third-order valence-corrected chi connectivity index (χ3v) is 6.34. The van der Waals surface area contributed by atoms with Crippen LogP contribution in [0.5, 0.6) is 11.5 Å². The Bertz CT molecular complexity index is 1130. The molecule has 1 aliphatic carbocycles. The number of pyridine rings is 1. The van der Waals surface area contributed by atoms with Gasteiger partial charge in [-0.1, -0.05) is 6.07 Å². The number of amides is 2. The zero-order valence-electron chi connectivity index (χ0n) is 16.6. The van der Waals surface area contributed by atoms with Crippen molar-refractivity contribution in [1.82, 2.24) is 15.3 Å². The van der Waals surface area contributed by atoms with Gasteiger partial charge in [0.1, 0.15) is 0 Å². The van der Waals surface area contributed by atoms with E-state index in [1.54, 1.807) is 24.4 Å². The number of thiazole rings is 1. The summed E-state index contributed by atoms with van der Waals surface area (Å²) >= 11 is 1.43. The monoisotopic (exact) mass is 436 g/mol. The number of benzene rings is 1. The van der Waals surface area contributed by atoms with Gasteiger partial charge in [-0.2, -0.15) is 0 Å². The van der Waals surface area contributed by atoms with Crippen molar-refractivity contribution in [3.8, 4) is 11.5 Å². The summed E-state index contributed by atoms with van der Waals surface area (Å²) < 4.78 is 10.6. The second-order valence-electron chi connectivity index (χ2n) is 7.33. The third kappa shape index (κ3) is 4.09. The van der Waals surface area contributed by atoms with Crippen LogP contribution in [0.3, 0.4) is 0 Å². The van der Waals surface area contributed by atoms with Gasteiger partial charge in [0.05, 0.1) is 23.9 Å². The quantitative estimate of drug-likeness (QED) is 0.637. The van der Waals surface area contributed by atoms with Crippen molar-refractivity contribution in [2.24, 2.45) is 0 Å². The molecule has 0 spiro atoms. The van der Waals surface area contributed by atoms with Gasteiger partial charge >= 0.3 is 0 Å². The molecule has 2 aromatic heterocycles. The maximum atomic E-state index is 12.8. The summed E-state index contributed by atoms with van der Waals surface area (Å²) in [5, 5.41) is 6.31. The Kier molecular flexibility index (Phi) is 5.25. The molecule has 0 saturated heterocycles. The lowest BCUT2D eigenvalue weighted by atomic mass is 9.90. The number of hydrogen-bond acceptors (Lipinski definition) is 7. The van der Waals surface area contributed by atoms with E-state index in [0.717, 1.165) is 35.5 Å². The van der Waals surface area contributed by atoms with Crippen molar-refractivity contribution in [2.75, 3.05) is 12.1 Å². The van der Waals surface area contributed by atoms with Crippen LogP contribution in [0.4, 0.5) is 5.13 Å². The predicted molar refractivity (Wildman–Crippen MR) is 114 cm³/mol. The Morgan fingerprint density at radius 3 is 2.94 bits per heavy atom. The number of aryl methyl sites for hydroxylation is 1. The maximum Gasteiger partial charge on any atom is 0.257 e. The molecule has 2 amide bonds. The molecule has 1 atom stereocenters. The zero-order chi connectivity index (χ0) is 21.2. The van der Waals surface area contributed by atoms with Crippen molar-refractivity contribution in [2.45, 2.75) is 31.7 Å². The minimum Gasteiger partial charge on any atom is -0.454 e. The fourth-order valence-electron chi connectivity index (χ4n) is 3.74. The van der Waals surface area contributed by atoms with Gasteiger partial charge < -0.3 is 14.8 Å². The number of hydrogen-bond donors (Lipinski definition) is 2. The van der Waals surface area contributed by atoms with Crippen molar-refractivity contribution < 1.29 is 19.1 Å². The number of carbonyl (C=O) groups excluding carboxylic acids is 2. The topological polar surface area (TPSA) is 102 Å². The molecule has 1 unspecified atom stereocenters. The molecular weight excluding hydrogens is 416 g/mol. The lowest BCUT2D eigenvalue weighted by Crippen LogP contribution is -2.31. The van der Waals surface area contributed by atoms with E-state index in [9.17, 15) is 9.59 Å². The molecule has 31 heavy (non-hydrogen) atoms. The number of nitrogens with one attached hydrogen (secondary N) is 2.